The lowest BCUT2D eigenvalue weighted by Crippen LogP contribution is -2.50. The van der Waals surface area contributed by atoms with Gasteiger partial charge < -0.3 is 21.5 Å². The van der Waals surface area contributed by atoms with E-state index in [1.807, 2.05) is 0 Å². The van der Waals surface area contributed by atoms with Crippen LogP contribution < -0.4 is 11.5 Å². The number of piperidine rings is 1. The summed E-state index contributed by atoms with van der Waals surface area (Å²) in [5.41, 5.74) is 10.9. The van der Waals surface area contributed by atoms with E-state index in [2.05, 4.69) is 0 Å². The van der Waals surface area contributed by atoms with Crippen LogP contribution in [0.5, 0.6) is 0 Å². The molecule has 2 unspecified atom stereocenters. The van der Waals surface area contributed by atoms with Crippen molar-refractivity contribution < 1.29 is 19.5 Å². The molecule has 1 fully saturated rings. The van der Waals surface area contributed by atoms with Gasteiger partial charge in [-0.3, -0.25) is 14.4 Å². The number of carboxylic acid groups (broad SMARTS) is 1. The van der Waals surface area contributed by atoms with Gasteiger partial charge in [0.1, 0.15) is 0 Å². The zero-order valence-corrected chi connectivity index (χ0v) is 10.2. The first-order valence-electron chi connectivity index (χ1n) is 5.97. The number of nitrogens with zero attached hydrogens (tertiary/aromatic N) is 1. The predicted molar refractivity (Wildman–Crippen MR) is 63.3 cm³/mol. The predicted octanol–water partition coefficient (Wildman–Crippen LogP) is -1.10. The largest absolute Gasteiger partial charge is 0.481 e. The minimum absolute atomic E-state index is 0.103. The minimum atomic E-state index is -0.980. The second-order valence-corrected chi connectivity index (χ2v) is 4.56. The fourth-order valence-electron chi connectivity index (χ4n) is 2.05. The molecule has 1 aliphatic rings. The first kappa shape index (κ1) is 14.4. The van der Waals surface area contributed by atoms with E-state index >= 15 is 0 Å². The summed E-state index contributed by atoms with van der Waals surface area (Å²) in [4.78, 5) is 34.9. The lowest BCUT2D eigenvalue weighted by atomic mass is 9.96. The molecule has 18 heavy (non-hydrogen) atoms. The lowest BCUT2D eigenvalue weighted by Gasteiger charge is -2.32. The molecule has 2 atom stereocenters. The number of aliphatic carboxylic acids is 1. The van der Waals surface area contributed by atoms with Gasteiger partial charge in [0.05, 0.1) is 12.0 Å². The zero-order valence-electron chi connectivity index (χ0n) is 10.2. The second kappa shape index (κ2) is 6.34. The highest BCUT2D eigenvalue weighted by Gasteiger charge is 2.29. The van der Waals surface area contributed by atoms with Crippen LogP contribution in [-0.2, 0) is 14.4 Å². The van der Waals surface area contributed by atoms with Crippen molar-refractivity contribution in [3.8, 4) is 0 Å². The van der Waals surface area contributed by atoms with E-state index in [1.165, 1.54) is 4.90 Å². The Kier molecular flexibility index (Phi) is 5.08. The fraction of sp³-hybridized carbons (Fsp3) is 0.727. The van der Waals surface area contributed by atoms with Crippen LogP contribution in [0.2, 0.25) is 0 Å². The minimum Gasteiger partial charge on any atom is -0.481 e. The maximum atomic E-state index is 11.9. The molecular weight excluding hydrogens is 238 g/mol. The summed E-state index contributed by atoms with van der Waals surface area (Å²) in [6, 6.07) is -0.826. The third kappa shape index (κ3) is 3.99. The topological polar surface area (TPSA) is 127 Å². The molecule has 0 spiro atoms. The molecule has 0 aromatic heterocycles. The van der Waals surface area contributed by atoms with Crippen molar-refractivity contribution in [3.63, 3.8) is 0 Å². The number of hydrogen-bond donors (Lipinski definition) is 3. The van der Waals surface area contributed by atoms with Gasteiger partial charge in [-0.2, -0.15) is 0 Å². The summed E-state index contributed by atoms with van der Waals surface area (Å²) >= 11 is 0. The molecule has 102 valence electrons. The summed E-state index contributed by atoms with van der Waals surface area (Å²) in [7, 11) is 0. The standard InChI is InChI=1S/C11H19N3O4/c12-8(3-4-9(15)16)11(18)14-5-1-2-7(6-14)10(13)17/h7-8H,1-6,12H2,(H2,13,17)(H,15,16). The molecule has 0 aromatic rings. The molecule has 0 bridgehead atoms. The van der Waals surface area contributed by atoms with Gasteiger partial charge in [-0.25, -0.2) is 0 Å². The molecule has 1 heterocycles. The molecule has 0 aromatic carbocycles. The maximum Gasteiger partial charge on any atom is 0.303 e. The number of rotatable bonds is 5. The first-order chi connectivity index (χ1) is 8.41. The Morgan fingerprint density at radius 2 is 2.06 bits per heavy atom. The van der Waals surface area contributed by atoms with E-state index in [9.17, 15) is 14.4 Å². The van der Waals surface area contributed by atoms with Crippen LogP contribution in [0.1, 0.15) is 25.7 Å². The van der Waals surface area contributed by atoms with Crippen molar-refractivity contribution in [2.75, 3.05) is 13.1 Å². The average molecular weight is 257 g/mol. The van der Waals surface area contributed by atoms with E-state index in [1.54, 1.807) is 0 Å². The Morgan fingerprint density at radius 1 is 1.39 bits per heavy atom. The Balaban J connectivity index is 2.49. The number of carbonyl (C=O) groups is 3. The van der Waals surface area contributed by atoms with Gasteiger partial charge in [0.25, 0.3) is 0 Å². The highest BCUT2D eigenvalue weighted by Crippen LogP contribution is 2.17. The lowest BCUT2D eigenvalue weighted by molar-refractivity contribution is -0.138. The van der Waals surface area contributed by atoms with E-state index in [4.69, 9.17) is 16.6 Å². The smallest absolute Gasteiger partial charge is 0.303 e. The van der Waals surface area contributed by atoms with Crippen LogP contribution >= 0.6 is 0 Å². The fourth-order valence-corrected chi connectivity index (χ4v) is 2.05. The van der Waals surface area contributed by atoms with E-state index in [-0.39, 0.29) is 31.2 Å². The maximum absolute atomic E-state index is 11.9. The van der Waals surface area contributed by atoms with Gasteiger partial charge in [0.2, 0.25) is 11.8 Å². The van der Waals surface area contributed by atoms with Crippen LogP contribution in [-0.4, -0.2) is 46.9 Å². The molecule has 0 aliphatic carbocycles. The quantitative estimate of drug-likeness (QED) is 0.576. The Morgan fingerprint density at radius 3 is 2.61 bits per heavy atom. The summed E-state index contributed by atoms with van der Waals surface area (Å²) < 4.78 is 0. The van der Waals surface area contributed by atoms with Crippen LogP contribution in [0.15, 0.2) is 0 Å². The number of carboxylic acids is 1. The molecule has 1 rings (SSSR count). The third-order valence-corrected chi connectivity index (χ3v) is 3.12. The molecule has 0 saturated carbocycles. The highest BCUT2D eigenvalue weighted by atomic mass is 16.4. The Hall–Kier alpha value is -1.63. The molecule has 2 amide bonds. The average Bonchev–Trinajstić information content (AvgIpc) is 2.35. The van der Waals surface area contributed by atoms with Crippen molar-refractivity contribution >= 4 is 17.8 Å². The Bertz CT molecular complexity index is 345. The van der Waals surface area contributed by atoms with Gasteiger partial charge >= 0.3 is 5.97 Å². The first-order valence-corrected chi connectivity index (χ1v) is 5.97. The number of amides is 2. The normalized spacial score (nSPS) is 21.4. The second-order valence-electron chi connectivity index (χ2n) is 4.56. The van der Waals surface area contributed by atoms with Gasteiger partial charge in [-0.15, -0.1) is 0 Å². The number of nitrogens with two attached hydrogens (primary N) is 2. The van der Waals surface area contributed by atoms with Crippen LogP contribution in [0.25, 0.3) is 0 Å². The SMILES string of the molecule is NC(=O)C1CCCN(C(=O)C(N)CCC(=O)O)C1. The number of primary amides is 1. The molecule has 0 radical (unpaired) electrons. The van der Waals surface area contributed by atoms with E-state index in [0.29, 0.717) is 19.4 Å². The number of hydrogen-bond acceptors (Lipinski definition) is 4. The third-order valence-electron chi connectivity index (χ3n) is 3.12. The van der Waals surface area contributed by atoms with Gasteiger partial charge in [-0.1, -0.05) is 0 Å². The molecule has 7 heteroatoms. The van der Waals surface area contributed by atoms with Crippen molar-refractivity contribution in [1.29, 1.82) is 0 Å². The highest BCUT2D eigenvalue weighted by molar-refractivity contribution is 5.84. The van der Waals surface area contributed by atoms with Crippen LogP contribution in [0.3, 0.4) is 0 Å². The molecule has 7 nitrogen and oxygen atoms in total. The zero-order chi connectivity index (χ0) is 13.7. The monoisotopic (exact) mass is 257 g/mol. The van der Waals surface area contributed by atoms with Gasteiger partial charge in [0.15, 0.2) is 0 Å². The van der Waals surface area contributed by atoms with Crippen molar-refractivity contribution in [2.24, 2.45) is 17.4 Å². The van der Waals surface area contributed by atoms with Crippen molar-refractivity contribution in [3.05, 3.63) is 0 Å². The molecule has 1 aliphatic heterocycles. The summed E-state index contributed by atoms with van der Waals surface area (Å²) in [5, 5.41) is 8.53. The molecular formula is C11H19N3O4. The molecule has 5 N–H and O–H groups in total. The van der Waals surface area contributed by atoms with Crippen molar-refractivity contribution in [1.82, 2.24) is 4.90 Å². The Labute approximate surface area is 105 Å². The summed E-state index contributed by atoms with van der Waals surface area (Å²) in [5.74, 6) is -2.02. The van der Waals surface area contributed by atoms with Gasteiger partial charge in [-0.05, 0) is 19.3 Å². The van der Waals surface area contributed by atoms with Crippen LogP contribution in [0, 0.1) is 5.92 Å². The molecule has 1 saturated heterocycles. The number of likely N-dealkylation sites (tertiary alicyclic amines) is 1. The van der Waals surface area contributed by atoms with Gasteiger partial charge in [0, 0.05) is 19.5 Å². The van der Waals surface area contributed by atoms with Crippen molar-refractivity contribution in [2.45, 2.75) is 31.7 Å². The summed E-state index contributed by atoms with van der Waals surface area (Å²) in [6.07, 6.45) is 1.36. The number of carbonyl (C=O) groups excluding carboxylic acids is 2. The summed E-state index contributed by atoms with van der Waals surface area (Å²) in [6.45, 7) is 0.832. The van der Waals surface area contributed by atoms with E-state index in [0.717, 1.165) is 0 Å². The van der Waals surface area contributed by atoms with Crippen LogP contribution in [0.4, 0.5) is 0 Å². The van der Waals surface area contributed by atoms with E-state index < -0.39 is 17.9 Å².